The highest BCUT2D eigenvalue weighted by Crippen LogP contribution is 2.41. The maximum absolute atomic E-state index is 6.62. The molecule has 1 atom stereocenters. The molecule has 1 aliphatic rings. The summed E-state index contributed by atoms with van der Waals surface area (Å²) >= 11 is 10.1. The average Bonchev–Trinajstić information content (AvgIpc) is 3.07. The van der Waals surface area contributed by atoms with Crippen LogP contribution in [0.25, 0.3) is 9.40 Å². The van der Waals surface area contributed by atoms with Crippen LogP contribution in [0.4, 0.5) is 0 Å². The van der Waals surface area contributed by atoms with Gasteiger partial charge in [-0.3, -0.25) is 0 Å². The molecule has 0 radical (unpaired) electrons. The molecular formula is C15H11ClO2S2. The van der Waals surface area contributed by atoms with E-state index in [2.05, 4.69) is 17.5 Å². The largest absolute Gasteiger partial charge is 0.486 e. The van der Waals surface area contributed by atoms with Crippen LogP contribution in [0.1, 0.15) is 15.8 Å². The van der Waals surface area contributed by atoms with Crippen molar-refractivity contribution in [2.75, 3.05) is 13.2 Å². The molecule has 1 aromatic carbocycles. The third-order valence-electron chi connectivity index (χ3n) is 3.27. The number of rotatable bonds is 2. The van der Waals surface area contributed by atoms with E-state index in [4.69, 9.17) is 21.1 Å². The monoisotopic (exact) mass is 322 g/mol. The molecule has 3 heterocycles. The minimum Gasteiger partial charge on any atom is -0.486 e. The lowest BCUT2D eigenvalue weighted by atomic mass is 10.1. The molecule has 0 N–H and O–H groups in total. The van der Waals surface area contributed by atoms with E-state index in [1.807, 2.05) is 18.2 Å². The minimum atomic E-state index is -0.143. The summed E-state index contributed by atoms with van der Waals surface area (Å²) in [7, 11) is 0. The second-order valence-electron chi connectivity index (χ2n) is 4.56. The van der Waals surface area contributed by atoms with Crippen molar-refractivity contribution in [3.63, 3.8) is 0 Å². The Morgan fingerprint density at radius 2 is 1.85 bits per heavy atom. The summed E-state index contributed by atoms with van der Waals surface area (Å²) in [5, 5.41) is 1.97. The fourth-order valence-electron chi connectivity index (χ4n) is 2.29. The van der Waals surface area contributed by atoms with Gasteiger partial charge in [0.1, 0.15) is 13.2 Å². The van der Waals surface area contributed by atoms with Crippen LogP contribution in [0.15, 0.2) is 35.7 Å². The van der Waals surface area contributed by atoms with E-state index in [0.29, 0.717) is 13.2 Å². The zero-order valence-electron chi connectivity index (χ0n) is 10.5. The zero-order valence-corrected chi connectivity index (χ0v) is 12.9. The number of ether oxygens (including phenoxy) is 2. The maximum atomic E-state index is 6.62. The Hall–Kier alpha value is -1.23. The number of fused-ring (bicyclic) bond motifs is 2. The van der Waals surface area contributed by atoms with E-state index in [1.165, 1.54) is 14.3 Å². The van der Waals surface area contributed by atoms with Gasteiger partial charge in [0.05, 0.1) is 5.38 Å². The van der Waals surface area contributed by atoms with Gasteiger partial charge in [0, 0.05) is 14.3 Å². The first-order valence-electron chi connectivity index (χ1n) is 6.32. The van der Waals surface area contributed by atoms with Crippen molar-refractivity contribution in [3.05, 3.63) is 46.2 Å². The molecule has 0 amide bonds. The van der Waals surface area contributed by atoms with Gasteiger partial charge in [-0.15, -0.1) is 34.3 Å². The Labute approximate surface area is 129 Å². The van der Waals surface area contributed by atoms with Crippen LogP contribution >= 0.6 is 34.3 Å². The SMILES string of the molecule is ClC(c1ccc2c(c1)OCCO2)c1cc2sccc2s1. The highest BCUT2D eigenvalue weighted by molar-refractivity contribution is 7.27. The number of thiophene rings is 2. The van der Waals surface area contributed by atoms with Crippen molar-refractivity contribution < 1.29 is 9.47 Å². The molecule has 5 heteroatoms. The van der Waals surface area contributed by atoms with Gasteiger partial charge in [-0.2, -0.15) is 0 Å². The van der Waals surface area contributed by atoms with Crippen LogP contribution in [-0.2, 0) is 0 Å². The second-order valence-corrected chi connectivity index (χ2v) is 7.06. The normalized spacial score (nSPS) is 15.4. The maximum Gasteiger partial charge on any atom is 0.161 e. The summed E-state index contributed by atoms with van der Waals surface area (Å²) in [5.74, 6) is 1.59. The van der Waals surface area contributed by atoms with Gasteiger partial charge in [-0.25, -0.2) is 0 Å². The fourth-order valence-corrected chi connectivity index (χ4v) is 4.75. The summed E-state index contributed by atoms with van der Waals surface area (Å²) in [4.78, 5) is 1.17. The van der Waals surface area contributed by atoms with Crippen molar-refractivity contribution >= 4 is 43.7 Å². The summed E-state index contributed by atoms with van der Waals surface area (Å²) in [6.45, 7) is 1.20. The number of hydrogen-bond donors (Lipinski definition) is 0. The molecule has 0 fully saturated rings. The minimum absolute atomic E-state index is 0.143. The number of alkyl halides is 1. The molecule has 1 aliphatic heterocycles. The smallest absolute Gasteiger partial charge is 0.161 e. The number of benzene rings is 1. The van der Waals surface area contributed by atoms with Crippen molar-refractivity contribution in [2.24, 2.45) is 0 Å². The second kappa shape index (κ2) is 4.95. The molecule has 0 bridgehead atoms. The Morgan fingerprint density at radius 1 is 1.00 bits per heavy atom. The van der Waals surface area contributed by atoms with Gasteiger partial charge in [-0.05, 0) is 35.2 Å². The van der Waals surface area contributed by atoms with Crippen LogP contribution in [0.2, 0.25) is 0 Å². The van der Waals surface area contributed by atoms with E-state index >= 15 is 0 Å². The van der Waals surface area contributed by atoms with Gasteiger partial charge in [0.25, 0.3) is 0 Å². The topological polar surface area (TPSA) is 18.5 Å². The highest BCUT2D eigenvalue weighted by atomic mass is 35.5. The molecule has 3 aromatic rings. The summed E-state index contributed by atoms with van der Waals surface area (Å²) in [5.41, 5.74) is 1.05. The van der Waals surface area contributed by atoms with E-state index in [-0.39, 0.29) is 5.38 Å². The predicted molar refractivity (Wildman–Crippen MR) is 84.8 cm³/mol. The van der Waals surface area contributed by atoms with Crippen LogP contribution in [0.3, 0.4) is 0 Å². The van der Waals surface area contributed by atoms with Crippen LogP contribution < -0.4 is 9.47 Å². The summed E-state index contributed by atoms with van der Waals surface area (Å²) in [6.07, 6.45) is 0. The molecule has 2 nitrogen and oxygen atoms in total. The first-order chi connectivity index (χ1) is 9.81. The molecule has 0 spiro atoms. The lowest BCUT2D eigenvalue weighted by Gasteiger charge is -2.19. The van der Waals surface area contributed by atoms with Gasteiger partial charge in [0.15, 0.2) is 11.5 Å². The zero-order chi connectivity index (χ0) is 13.5. The van der Waals surface area contributed by atoms with Crippen LogP contribution in [-0.4, -0.2) is 13.2 Å². The quantitative estimate of drug-likeness (QED) is 0.614. The van der Waals surface area contributed by atoms with Crippen molar-refractivity contribution in [1.29, 1.82) is 0 Å². The molecule has 0 aliphatic carbocycles. The van der Waals surface area contributed by atoms with E-state index < -0.39 is 0 Å². The summed E-state index contributed by atoms with van der Waals surface area (Å²) < 4.78 is 13.8. The third-order valence-corrected chi connectivity index (χ3v) is 6.04. The number of halogens is 1. The molecule has 1 unspecified atom stereocenters. The molecule has 20 heavy (non-hydrogen) atoms. The van der Waals surface area contributed by atoms with Crippen molar-refractivity contribution in [3.8, 4) is 11.5 Å². The van der Waals surface area contributed by atoms with Gasteiger partial charge in [0.2, 0.25) is 0 Å². The Bertz CT molecular complexity index is 734. The number of hydrogen-bond acceptors (Lipinski definition) is 4. The molecule has 0 saturated heterocycles. The van der Waals surface area contributed by atoms with Crippen molar-refractivity contribution in [1.82, 2.24) is 0 Å². The Kier molecular flexibility index (Phi) is 3.10. The lowest BCUT2D eigenvalue weighted by Crippen LogP contribution is -2.15. The van der Waals surface area contributed by atoms with Crippen molar-refractivity contribution in [2.45, 2.75) is 5.38 Å². The highest BCUT2D eigenvalue weighted by Gasteiger charge is 2.18. The Balaban J connectivity index is 1.70. The van der Waals surface area contributed by atoms with Crippen LogP contribution in [0.5, 0.6) is 11.5 Å². The van der Waals surface area contributed by atoms with Gasteiger partial charge in [-0.1, -0.05) is 6.07 Å². The predicted octanol–water partition coefficient (Wildman–Crippen LogP) is 5.06. The standard InChI is InChI=1S/C15H11ClO2S2/c16-15(14-8-13-12(20-14)3-6-19-13)9-1-2-10-11(7-9)18-5-4-17-10/h1-3,6-8,15H,4-5H2. The molecule has 102 valence electrons. The molecule has 4 rings (SSSR count). The molecule has 0 saturated carbocycles. The lowest BCUT2D eigenvalue weighted by molar-refractivity contribution is 0.171. The van der Waals surface area contributed by atoms with Crippen LogP contribution in [0, 0.1) is 0 Å². The van der Waals surface area contributed by atoms with E-state index in [1.54, 1.807) is 22.7 Å². The van der Waals surface area contributed by atoms with E-state index in [0.717, 1.165) is 17.1 Å². The Morgan fingerprint density at radius 3 is 2.70 bits per heavy atom. The van der Waals surface area contributed by atoms with E-state index in [9.17, 15) is 0 Å². The first-order valence-corrected chi connectivity index (χ1v) is 8.45. The third kappa shape index (κ3) is 2.08. The average molecular weight is 323 g/mol. The fraction of sp³-hybridized carbons (Fsp3) is 0.200. The molecular weight excluding hydrogens is 312 g/mol. The molecule has 2 aromatic heterocycles. The van der Waals surface area contributed by atoms with Gasteiger partial charge >= 0.3 is 0 Å². The van der Waals surface area contributed by atoms with Gasteiger partial charge < -0.3 is 9.47 Å². The first kappa shape index (κ1) is 12.5. The summed E-state index contributed by atoms with van der Waals surface area (Å²) in [6, 6.07) is 10.3.